The van der Waals surface area contributed by atoms with Crippen LogP contribution in [0.15, 0.2) is 48.5 Å². The first-order chi connectivity index (χ1) is 11.1. The summed E-state index contributed by atoms with van der Waals surface area (Å²) in [6, 6.07) is 13.2. The first-order valence-corrected chi connectivity index (χ1v) is 7.03. The first kappa shape index (κ1) is 16.5. The Morgan fingerprint density at radius 2 is 1.78 bits per heavy atom. The Bertz CT molecular complexity index is 683. The summed E-state index contributed by atoms with van der Waals surface area (Å²) in [7, 11) is 1.60. The number of nitrogens with one attached hydrogen (secondary N) is 1. The minimum atomic E-state index is -0.543. The summed E-state index contributed by atoms with van der Waals surface area (Å²) >= 11 is 0. The molecule has 0 unspecified atom stereocenters. The van der Waals surface area contributed by atoms with E-state index in [4.69, 9.17) is 15.2 Å². The number of carbonyl (C=O) groups is 2. The third kappa shape index (κ3) is 4.82. The van der Waals surface area contributed by atoms with Crippen LogP contribution in [-0.2, 0) is 4.74 Å². The van der Waals surface area contributed by atoms with E-state index in [1.807, 2.05) is 0 Å². The molecule has 0 aliphatic heterocycles. The maximum atomic E-state index is 12.2. The summed E-state index contributed by atoms with van der Waals surface area (Å²) < 4.78 is 10.3. The number of hydrogen-bond acceptors (Lipinski definition) is 4. The van der Waals surface area contributed by atoms with E-state index in [2.05, 4.69) is 5.32 Å². The fourth-order valence-electron chi connectivity index (χ4n) is 1.90. The van der Waals surface area contributed by atoms with Gasteiger partial charge in [0.1, 0.15) is 12.4 Å². The summed E-state index contributed by atoms with van der Waals surface area (Å²) in [4.78, 5) is 23.3. The Kier molecular flexibility index (Phi) is 5.71. The number of benzene rings is 2. The zero-order chi connectivity index (χ0) is 16.7. The summed E-state index contributed by atoms with van der Waals surface area (Å²) in [5, 5.41) is 2.72. The molecule has 6 heteroatoms. The second kappa shape index (κ2) is 7.95. The minimum Gasteiger partial charge on any atom is -0.491 e. The number of ether oxygens (including phenoxy) is 2. The number of hydrogen-bond donors (Lipinski definition) is 2. The van der Waals surface area contributed by atoms with Crippen molar-refractivity contribution in [1.82, 2.24) is 0 Å². The van der Waals surface area contributed by atoms with Gasteiger partial charge >= 0.3 is 0 Å². The van der Waals surface area contributed by atoms with Crippen LogP contribution in [0.5, 0.6) is 5.75 Å². The molecule has 0 saturated heterocycles. The maximum Gasteiger partial charge on any atom is 0.255 e. The molecule has 6 nitrogen and oxygen atoms in total. The van der Waals surface area contributed by atoms with Crippen LogP contribution in [0.3, 0.4) is 0 Å². The molecule has 0 heterocycles. The number of amides is 2. The lowest BCUT2D eigenvalue weighted by molar-refractivity contribution is 0.0996. The van der Waals surface area contributed by atoms with Gasteiger partial charge in [-0.15, -0.1) is 0 Å². The lowest BCUT2D eigenvalue weighted by Gasteiger charge is -2.08. The normalized spacial score (nSPS) is 10.1. The number of methoxy groups -OCH3 is 1. The average Bonchev–Trinajstić information content (AvgIpc) is 2.56. The third-order valence-electron chi connectivity index (χ3n) is 3.08. The van der Waals surface area contributed by atoms with Crippen molar-refractivity contribution >= 4 is 17.5 Å². The molecule has 120 valence electrons. The van der Waals surface area contributed by atoms with E-state index in [9.17, 15) is 9.59 Å². The van der Waals surface area contributed by atoms with Crippen LogP contribution in [0.2, 0.25) is 0 Å². The molecule has 2 amide bonds. The highest BCUT2D eigenvalue weighted by atomic mass is 16.5. The van der Waals surface area contributed by atoms with Gasteiger partial charge in [-0.3, -0.25) is 9.59 Å². The largest absolute Gasteiger partial charge is 0.491 e. The first-order valence-electron chi connectivity index (χ1n) is 7.03. The van der Waals surface area contributed by atoms with Gasteiger partial charge < -0.3 is 20.5 Å². The summed E-state index contributed by atoms with van der Waals surface area (Å²) in [5.41, 5.74) is 6.54. The topological polar surface area (TPSA) is 90.7 Å². The molecule has 2 rings (SSSR count). The standard InChI is InChI=1S/C17H18N2O4/c1-22-9-10-23-15-7-5-12(6-8-15)17(21)19-14-4-2-3-13(11-14)16(18)20/h2-8,11H,9-10H2,1H3,(H2,18,20)(H,19,21). The molecular weight excluding hydrogens is 296 g/mol. The zero-order valence-electron chi connectivity index (χ0n) is 12.7. The van der Waals surface area contributed by atoms with E-state index in [1.54, 1.807) is 49.6 Å². The molecule has 0 aliphatic rings. The molecule has 2 aromatic carbocycles. The van der Waals surface area contributed by atoms with E-state index in [0.29, 0.717) is 35.8 Å². The van der Waals surface area contributed by atoms with Crippen molar-refractivity contribution in [2.75, 3.05) is 25.6 Å². The summed E-state index contributed by atoms with van der Waals surface area (Å²) in [6.07, 6.45) is 0. The van der Waals surface area contributed by atoms with Gasteiger partial charge in [0, 0.05) is 23.9 Å². The Morgan fingerprint density at radius 3 is 2.43 bits per heavy atom. The van der Waals surface area contributed by atoms with Crippen LogP contribution in [-0.4, -0.2) is 32.1 Å². The Labute approximate surface area is 134 Å². The van der Waals surface area contributed by atoms with Crippen molar-refractivity contribution < 1.29 is 19.1 Å². The molecule has 0 fully saturated rings. The number of nitrogens with two attached hydrogens (primary N) is 1. The van der Waals surface area contributed by atoms with Crippen LogP contribution >= 0.6 is 0 Å². The fraction of sp³-hybridized carbons (Fsp3) is 0.176. The molecule has 0 radical (unpaired) electrons. The van der Waals surface area contributed by atoms with Gasteiger partial charge in [-0.2, -0.15) is 0 Å². The zero-order valence-corrected chi connectivity index (χ0v) is 12.7. The molecule has 0 atom stereocenters. The van der Waals surface area contributed by atoms with Crippen molar-refractivity contribution in [1.29, 1.82) is 0 Å². The SMILES string of the molecule is COCCOc1ccc(C(=O)Nc2cccc(C(N)=O)c2)cc1. The predicted molar refractivity (Wildman–Crippen MR) is 86.7 cm³/mol. The molecule has 0 spiro atoms. The maximum absolute atomic E-state index is 12.2. The highest BCUT2D eigenvalue weighted by Crippen LogP contribution is 2.15. The Hall–Kier alpha value is -2.86. The summed E-state index contributed by atoms with van der Waals surface area (Å²) in [6.45, 7) is 0.945. The lowest BCUT2D eigenvalue weighted by atomic mass is 10.1. The third-order valence-corrected chi connectivity index (χ3v) is 3.08. The Morgan fingerprint density at radius 1 is 1.04 bits per heavy atom. The minimum absolute atomic E-state index is 0.282. The fourth-order valence-corrected chi connectivity index (χ4v) is 1.90. The van der Waals surface area contributed by atoms with Gasteiger partial charge in [0.05, 0.1) is 6.61 Å². The second-order valence-corrected chi connectivity index (χ2v) is 4.76. The number of carbonyl (C=O) groups excluding carboxylic acids is 2. The van der Waals surface area contributed by atoms with Crippen molar-refractivity contribution in [3.8, 4) is 5.75 Å². The smallest absolute Gasteiger partial charge is 0.255 e. The molecule has 23 heavy (non-hydrogen) atoms. The van der Waals surface area contributed by atoms with E-state index in [1.165, 1.54) is 6.07 Å². The molecule has 3 N–H and O–H groups in total. The van der Waals surface area contributed by atoms with Gasteiger partial charge in [-0.05, 0) is 42.5 Å². The van der Waals surface area contributed by atoms with Crippen LogP contribution in [0, 0.1) is 0 Å². The van der Waals surface area contributed by atoms with Crippen LogP contribution in [0.25, 0.3) is 0 Å². The lowest BCUT2D eigenvalue weighted by Crippen LogP contribution is -2.14. The van der Waals surface area contributed by atoms with Crippen LogP contribution in [0.1, 0.15) is 20.7 Å². The van der Waals surface area contributed by atoms with E-state index in [0.717, 1.165) is 0 Å². The second-order valence-electron chi connectivity index (χ2n) is 4.76. The molecule has 2 aromatic rings. The molecule has 0 bridgehead atoms. The van der Waals surface area contributed by atoms with Gasteiger partial charge in [-0.1, -0.05) is 6.07 Å². The van der Waals surface area contributed by atoms with Crippen LogP contribution in [0.4, 0.5) is 5.69 Å². The van der Waals surface area contributed by atoms with E-state index < -0.39 is 5.91 Å². The van der Waals surface area contributed by atoms with Crippen molar-refractivity contribution in [2.45, 2.75) is 0 Å². The number of anilines is 1. The number of primary amides is 1. The van der Waals surface area contributed by atoms with Crippen molar-refractivity contribution in [3.05, 3.63) is 59.7 Å². The molecular formula is C17H18N2O4. The molecule has 0 saturated carbocycles. The quantitative estimate of drug-likeness (QED) is 0.765. The Balaban J connectivity index is 2.00. The summed E-state index contributed by atoms with van der Waals surface area (Å²) in [5.74, 6) is -0.164. The van der Waals surface area contributed by atoms with Crippen LogP contribution < -0.4 is 15.8 Å². The van der Waals surface area contributed by atoms with Gasteiger partial charge in [0.2, 0.25) is 5.91 Å². The van der Waals surface area contributed by atoms with Gasteiger partial charge in [0.15, 0.2) is 0 Å². The van der Waals surface area contributed by atoms with Crippen molar-refractivity contribution in [2.24, 2.45) is 5.73 Å². The molecule has 0 aromatic heterocycles. The number of rotatable bonds is 7. The average molecular weight is 314 g/mol. The highest BCUT2D eigenvalue weighted by molar-refractivity contribution is 6.05. The van der Waals surface area contributed by atoms with Gasteiger partial charge in [-0.25, -0.2) is 0 Å². The van der Waals surface area contributed by atoms with E-state index in [-0.39, 0.29) is 5.91 Å². The molecule has 0 aliphatic carbocycles. The predicted octanol–water partition coefficient (Wildman–Crippen LogP) is 2.06. The van der Waals surface area contributed by atoms with E-state index >= 15 is 0 Å². The van der Waals surface area contributed by atoms with Crippen molar-refractivity contribution in [3.63, 3.8) is 0 Å². The monoisotopic (exact) mass is 314 g/mol. The van der Waals surface area contributed by atoms with Gasteiger partial charge in [0.25, 0.3) is 5.91 Å². The highest BCUT2D eigenvalue weighted by Gasteiger charge is 2.08.